The lowest BCUT2D eigenvalue weighted by Gasteiger charge is -2.23. The van der Waals surface area contributed by atoms with E-state index in [1.54, 1.807) is 6.20 Å². The Kier molecular flexibility index (Phi) is 6.83. The SMILES string of the molecule is CC(CNC(=O)C1CNCCO1)Cn1cccn1.Cl. The second-order valence-electron chi connectivity index (χ2n) is 4.64. The van der Waals surface area contributed by atoms with E-state index in [1.165, 1.54) is 0 Å². The van der Waals surface area contributed by atoms with E-state index < -0.39 is 0 Å². The summed E-state index contributed by atoms with van der Waals surface area (Å²) >= 11 is 0. The normalized spacial score (nSPS) is 20.4. The highest BCUT2D eigenvalue weighted by Gasteiger charge is 2.21. The van der Waals surface area contributed by atoms with E-state index in [4.69, 9.17) is 4.74 Å². The highest BCUT2D eigenvalue weighted by molar-refractivity contribution is 5.85. The first-order valence-corrected chi connectivity index (χ1v) is 6.33. The Hall–Kier alpha value is -1.11. The molecule has 1 fully saturated rings. The predicted octanol–water partition coefficient (Wildman–Crippen LogP) is 0.0456. The Morgan fingerprint density at radius 3 is 3.16 bits per heavy atom. The summed E-state index contributed by atoms with van der Waals surface area (Å²) in [6.45, 7) is 5.54. The molecule has 2 N–H and O–H groups in total. The maximum atomic E-state index is 11.8. The molecule has 2 rings (SSSR count). The molecule has 1 aromatic rings. The number of rotatable bonds is 5. The molecule has 2 heterocycles. The molecular weight excluding hydrogens is 268 g/mol. The first kappa shape index (κ1) is 15.9. The second-order valence-corrected chi connectivity index (χ2v) is 4.64. The zero-order chi connectivity index (χ0) is 12.8. The molecule has 0 radical (unpaired) electrons. The van der Waals surface area contributed by atoms with Crippen LogP contribution < -0.4 is 10.6 Å². The van der Waals surface area contributed by atoms with Crippen LogP contribution in [-0.2, 0) is 16.1 Å². The minimum Gasteiger partial charge on any atom is -0.366 e. The smallest absolute Gasteiger partial charge is 0.250 e. The number of carbonyl (C=O) groups is 1. The number of amides is 1. The van der Waals surface area contributed by atoms with E-state index in [2.05, 4.69) is 22.7 Å². The van der Waals surface area contributed by atoms with Crippen molar-refractivity contribution in [3.05, 3.63) is 18.5 Å². The molecule has 7 heteroatoms. The average Bonchev–Trinajstić information content (AvgIpc) is 2.90. The van der Waals surface area contributed by atoms with Gasteiger partial charge in [-0.25, -0.2) is 0 Å². The lowest BCUT2D eigenvalue weighted by Crippen LogP contribution is -2.48. The molecule has 108 valence electrons. The Bertz CT molecular complexity index is 366. The molecule has 0 aromatic carbocycles. The first-order valence-electron chi connectivity index (χ1n) is 6.33. The van der Waals surface area contributed by atoms with Crippen molar-refractivity contribution in [3.63, 3.8) is 0 Å². The zero-order valence-corrected chi connectivity index (χ0v) is 11.9. The molecular formula is C12H21ClN4O2. The van der Waals surface area contributed by atoms with Crippen LogP contribution in [0.4, 0.5) is 0 Å². The van der Waals surface area contributed by atoms with E-state index >= 15 is 0 Å². The van der Waals surface area contributed by atoms with Crippen molar-refractivity contribution in [1.29, 1.82) is 0 Å². The van der Waals surface area contributed by atoms with Crippen LogP contribution in [0.3, 0.4) is 0 Å². The second kappa shape index (κ2) is 8.14. The number of morpholine rings is 1. The lowest BCUT2D eigenvalue weighted by molar-refractivity contribution is -0.134. The number of halogens is 1. The molecule has 1 saturated heterocycles. The third kappa shape index (κ3) is 5.18. The minimum atomic E-state index is -0.351. The Balaban J connectivity index is 0.00000180. The van der Waals surface area contributed by atoms with Crippen LogP contribution in [0.5, 0.6) is 0 Å². The number of carbonyl (C=O) groups excluding carboxylic acids is 1. The number of nitrogens with one attached hydrogen (secondary N) is 2. The molecule has 0 aliphatic carbocycles. The van der Waals surface area contributed by atoms with Gasteiger partial charge in [-0.05, 0) is 12.0 Å². The van der Waals surface area contributed by atoms with Crippen LogP contribution in [0, 0.1) is 5.92 Å². The third-order valence-corrected chi connectivity index (χ3v) is 2.90. The number of nitrogens with zero attached hydrogens (tertiary/aromatic N) is 2. The van der Waals surface area contributed by atoms with Crippen LogP contribution in [0.25, 0.3) is 0 Å². The summed E-state index contributed by atoms with van der Waals surface area (Å²) in [6.07, 6.45) is 3.33. The monoisotopic (exact) mass is 288 g/mol. The topological polar surface area (TPSA) is 68.2 Å². The van der Waals surface area contributed by atoms with Crippen molar-refractivity contribution in [3.8, 4) is 0 Å². The number of ether oxygens (including phenoxy) is 1. The van der Waals surface area contributed by atoms with Gasteiger partial charge in [-0.1, -0.05) is 6.92 Å². The molecule has 1 aliphatic rings. The van der Waals surface area contributed by atoms with Gasteiger partial charge in [-0.3, -0.25) is 9.48 Å². The van der Waals surface area contributed by atoms with Gasteiger partial charge in [-0.2, -0.15) is 5.10 Å². The van der Waals surface area contributed by atoms with E-state index in [9.17, 15) is 4.79 Å². The van der Waals surface area contributed by atoms with Crippen molar-refractivity contribution in [2.75, 3.05) is 26.2 Å². The molecule has 2 unspecified atom stereocenters. The van der Waals surface area contributed by atoms with E-state index in [0.29, 0.717) is 25.6 Å². The Morgan fingerprint density at radius 1 is 1.68 bits per heavy atom. The van der Waals surface area contributed by atoms with Gasteiger partial charge in [0, 0.05) is 38.6 Å². The van der Waals surface area contributed by atoms with Gasteiger partial charge in [0.05, 0.1) is 6.61 Å². The van der Waals surface area contributed by atoms with Crippen molar-refractivity contribution < 1.29 is 9.53 Å². The standard InChI is InChI=1S/C12H20N4O2.ClH/c1-10(9-16-5-2-3-15-16)7-14-12(17)11-8-13-4-6-18-11;/h2-3,5,10-11,13H,4,6-9H2,1H3,(H,14,17);1H. The molecule has 19 heavy (non-hydrogen) atoms. The summed E-state index contributed by atoms with van der Waals surface area (Å²) in [5.41, 5.74) is 0. The summed E-state index contributed by atoms with van der Waals surface area (Å²) in [6, 6.07) is 1.90. The summed E-state index contributed by atoms with van der Waals surface area (Å²) in [5, 5.41) is 10.2. The van der Waals surface area contributed by atoms with Gasteiger partial charge in [0.25, 0.3) is 0 Å². The summed E-state index contributed by atoms with van der Waals surface area (Å²) in [4.78, 5) is 11.8. The zero-order valence-electron chi connectivity index (χ0n) is 11.0. The van der Waals surface area contributed by atoms with Gasteiger partial charge in [-0.15, -0.1) is 12.4 Å². The van der Waals surface area contributed by atoms with Gasteiger partial charge in [0.15, 0.2) is 0 Å². The quantitative estimate of drug-likeness (QED) is 0.803. The molecule has 0 spiro atoms. The highest BCUT2D eigenvalue weighted by atomic mass is 35.5. The number of aromatic nitrogens is 2. The summed E-state index contributed by atoms with van der Waals surface area (Å²) in [7, 11) is 0. The predicted molar refractivity (Wildman–Crippen MR) is 74.3 cm³/mol. The number of hydrogen-bond donors (Lipinski definition) is 2. The van der Waals surface area contributed by atoms with Gasteiger partial charge in [0.2, 0.25) is 5.91 Å². The molecule has 2 atom stereocenters. The van der Waals surface area contributed by atoms with Crippen molar-refractivity contribution in [2.45, 2.75) is 19.6 Å². The first-order chi connectivity index (χ1) is 8.75. The summed E-state index contributed by atoms with van der Waals surface area (Å²) in [5.74, 6) is 0.305. The fourth-order valence-corrected chi connectivity index (χ4v) is 1.91. The minimum absolute atomic E-state index is 0. The third-order valence-electron chi connectivity index (χ3n) is 2.90. The average molecular weight is 289 g/mol. The fourth-order valence-electron chi connectivity index (χ4n) is 1.91. The molecule has 0 bridgehead atoms. The molecule has 0 saturated carbocycles. The van der Waals surface area contributed by atoms with E-state index in [0.717, 1.165) is 13.1 Å². The molecule has 1 amide bonds. The lowest BCUT2D eigenvalue weighted by atomic mass is 10.2. The van der Waals surface area contributed by atoms with Crippen molar-refractivity contribution in [2.24, 2.45) is 5.92 Å². The fraction of sp³-hybridized carbons (Fsp3) is 0.667. The maximum Gasteiger partial charge on any atom is 0.250 e. The van der Waals surface area contributed by atoms with Gasteiger partial charge >= 0.3 is 0 Å². The maximum absolute atomic E-state index is 11.8. The van der Waals surface area contributed by atoms with Gasteiger partial charge in [0.1, 0.15) is 6.10 Å². The van der Waals surface area contributed by atoms with Crippen LogP contribution in [0.15, 0.2) is 18.5 Å². The molecule has 6 nitrogen and oxygen atoms in total. The van der Waals surface area contributed by atoms with Crippen molar-refractivity contribution in [1.82, 2.24) is 20.4 Å². The highest BCUT2D eigenvalue weighted by Crippen LogP contribution is 2.00. The van der Waals surface area contributed by atoms with Crippen LogP contribution in [-0.4, -0.2) is 48.0 Å². The van der Waals surface area contributed by atoms with Gasteiger partial charge < -0.3 is 15.4 Å². The van der Waals surface area contributed by atoms with Crippen LogP contribution in [0.2, 0.25) is 0 Å². The van der Waals surface area contributed by atoms with Crippen LogP contribution in [0.1, 0.15) is 6.92 Å². The largest absolute Gasteiger partial charge is 0.366 e. The Morgan fingerprint density at radius 2 is 2.53 bits per heavy atom. The van der Waals surface area contributed by atoms with E-state index in [1.807, 2.05) is 16.9 Å². The van der Waals surface area contributed by atoms with Crippen LogP contribution >= 0.6 is 12.4 Å². The van der Waals surface area contributed by atoms with Crippen molar-refractivity contribution >= 4 is 18.3 Å². The molecule has 1 aromatic heterocycles. The van der Waals surface area contributed by atoms with E-state index in [-0.39, 0.29) is 24.4 Å². The Labute approximate surface area is 119 Å². The summed E-state index contributed by atoms with van der Waals surface area (Å²) < 4.78 is 7.26. The molecule has 1 aliphatic heterocycles. The number of hydrogen-bond acceptors (Lipinski definition) is 4.